The van der Waals surface area contributed by atoms with Crippen LogP contribution in [0.3, 0.4) is 0 Å². The highest BCUT2D eigenvalue weighted by Crippen LogP contribution is 2.28. The predicted molar refractivity (Wildman–Crippen MR) is 85.4 cm³/mol. The first-order valence-electron chi connectivity index (χ1n) is 7.62. The van der Waals surface area contributed by atoms with Gasteiger partial charge in [0.15, 0.2) is 0 Å². The van der Waals surface area contributed by atoms with E-state index in [-0.39, 0.29) is 29.3 Å². The molecule has 1 saturated carbocycles. The summed E-state index contributed by atoms with van der Waals surface area (Å²) in [4.78, 5) is 24.8. The van der Waals surface area contributed by atoms with Gasteiger partial charge in [0.2, 0.25) is 11.7 Å². The maximum Gasteiger partial charge on any atom is 0.230 e. The Balaban J connectivity index is 1.91. The summed E-state index contributed by atoms with van der Waals surface area (Å²) in [7, 11) is 0. The minimum absolute atomic E-state index is 0.00568. The van der Waals surface area contributed by atoms with Gasteiger partial charge in [0, 0.05) is 16.6 Å². The van der Waals surface area contributed by atoms with E-state index in [1.165, 1.54) is 0 Å². The van der Waals surface area contributed by atoms with Crippen molar-refractivity contribution in [3.8, 4) is 6.07 Å². The van der Waals surface area contributed by atoms with Crippen molar-refractivity contribution >= 4 is 23.3 Å². The molecule has 23 heavy (non-hydrogen) atoms. The minimum atomic E-state index is -0.429. The van der Waals surface area contributed by atoms with Crippen molar-refractivity contribution in [3.63, 3.8) is 0 Å². The summed E-state index contributed by atoms with van der Waals surface area (Å²) < 4.78 is 0. The van der Waals surface area contributed by atoms with E-state index in [9.17, 15) is 14.9 Å². The Morgan fingerprint density at radius 3 is 2.61 bits per heavy atom. The second-order valence-corrected chi connectivity index (χ2v) is 6.27. The van der Waals surface area contributed by atoms with Gasteiger partial charge in [0.05, 0.1) is 5.92 Å². The Labute approximate surface area is 139 Å². The van der Waals surface area contributed by atoms with E-state index in [1.807, 2.05) is 6.07 Å². The SMILES string of the molecule is N#C/C(C(=O)c1ccc(Cl)cc1)=C1\NC(=O)C2CCCCC2N1. The molecule has 2 atom stereocenters. The topological polar surface area (TPSA) is 82.0 Å². The lowest BCUT2D eigenvalue weighted by Crippen LogP contribution is -2.55. The highest BCUT2D eigenvalue weighted by molar-refractivity contribution is 6.30. The molecule has 1 aliphatic carbocycles. The first-order chi connectivity index (χ1) is 11.1. The van der Waals surface area contributed by atoms with Gasteiger partial charge in [-0.3, -0.25) is 9.59 Å². The Bertz CT molecular complexity index is 718. The predicted octanol–water partition coefficient (Wildman–Crippen LogP) is 2.54. The van der Waals surface area contributed by atoms with Crippen LogP contribution in [0.25, 0.3) is 0 Å². The van der Waals surface area contributed by atoms with Crippen LogP contribution >= 0.6 is 11.6 Å². The second-order valence-electron chi connectivity index (χ2n) is 5.83. The van der Waals surface area contributed by atoms with Gasteiger partial charge in [-0.1, -0.05) is 24.4 Å². The standard InChI is InChI=1S/C17H16ClN3O2/c18-11-7-5-10(6-8-11)15(22)13(9-19)16-20-14-4-2-1-3-12(14)17(23)21-16/h5-8,12,14,20H,1-4H2,(H,21,23)/b16-13+. The number of hydrogen-bond donors (Lipinski definition) is 2. The van der Waals surface area contributed by atoms with Crippen LogP contribution in [0.1, 0.15) is 36.0 Å². The first-order valence-corrected chi connectivity index (χ1v) is 8.00. The van der Waals surface area contributed by atoms with Crippen LogP contribution in [0.15, 0.2) is 35.7 Å². The van der Waals surface area contributed by atoms with Crippen LogP contribution < -0.4 is 10.6 Å². The summed E-state index contributed by atoms with van der Waals surface area (Å²) in [6.07, 6.45) is 3.78. The molecule has 0 spiro atoms. The summed E-state index contributed by atoms with van der Waals surface area (Å²) in [6, 6.07) is 8.24. The molecule has 2 fully saturated rings. The maximum absolute atomic E-state index is 12.5. The molecule has 3 rings (SSSR count). The van der Waals surface area contributed by atoms with Crippen LogP contribution in [-0.4, -0.2) is 17.7 Å². The molecule has 1 heterocycles. The monoisotopic (exact) mass is 329 g/mol. The lowest BCUT2D eigenvalue weighted by Gasteiger charge is -2.37. The number of rotatable bonds is 2. The molecule has 0 bridgehead atoms. The van der Waals surface area contributed by atoms with Crippen molar-refractivity contribution < 1.29 is 9.59 Å². The van der Waals surface area contributed by atoms with Gasteiger partial charge in [-0.15, -0.1) is 0 Å². The van der Waals surface area contributed by atoms with Gasteiger partial charge in [-0.05, 0) is 37.1 Å². The number of nitrogens with one attached hydrogen (secondary N) is 2. The molecule has 2 aliphatic rings. The molecule has 0 radical (unpaired) electrons. The molecule has 118 valence electrons. The number of halogens is 1. The van der Waals surface area contributed by atoms with Crippen LogP contribution in [0, 0.1) is 17.2 Å². The third-order valence-corrected chi connectivity index (χ3v) is 4.63. The van der Waals surface area contributed by atoms with Crippen molar-refractivity contribution in [3.05, 3.63) is 46.2 Å². The van der Waals surface area contributed by atoms with Crippen LogP contribution in [0.5, 0.6) is 0 Å². The van der Waals surface area contributed by atoms with E-state index >= 15 is 0 Å². The number of allylic oxidation sites excluding steroid dienone is 1. The van der Waals surface area contributed by atoms with Gasteiger partial charge in [0.25, 0.3) is 0 Å². The largest absolute Gasteiger partial charge is 0.367 e. The lowest BCUT2D eigenvalue weighted by atomic mass is 9.82. The third kappa shape index (κ3) is 3.08. The number of nitriles is 1. The fraction of sp³-hybridized carbons (Fsp3) is 0.353. The number of hydrogen-bond acceptors (Lipinski definition) is 4. The Kier molecular flexibility index (Phi) is 4.35. The molecule has 0 aromatic heterocycles. The van der Waals surface area contributed by atoms with Crippen molar-refractivity contribution in [2.75, 3.05) is 0 Å². The summed E-state index contributed by atoms with van der Waals surface area (Å²) >= 11 is 5.82. The average molecular weight is 330 g/mol. The van der Waals surface area contributed by atoms with Gasteiger partial charge < -0.3 is 10.6 Å². The van der Waals surface area contributed by atoms with Gasteiger partial charge in [-0.2, -0.15) is 5.26 Å². The number of nitrogens with zero attached hydrogens (tertiary/aromatic N) is 1. The van der Waals surface area contributed by atoms with Crippen molar-refractivity contribution in [2.24, 2.45) is 5.92 Å². The molecular weight excluding hydrogens is 314 g/mol. The summed E-state index contributed by atoms with van der Waals surface area (Å²) in [5, 5.41) is 15.8. The number of carbonyl (C=O) groups is 2. The van der Waals surface area contributed by atoms with Crippen LogP contribution in [0.4, 0.5) is 0 Å². The zero-order chi connectivity index (χ0) is 16.4. The number of Topliss-reactive ketones (excluding diaryl/α,β-unsaturated/α-hetero) is 1. The molecule has 1 aromatic carbocycles. The number of ketones is 1. The van der Waals surface area contributed by atoms with Crippen molar-refractivity contribution in [1.29, 1.82) is 5.26 Å². The summed E-state index contributed by atoms with van der Waals surface area (Å²) in [5.74, 6) is -0.403. The van der Waals surface area contributed by atoms with Crippen LogP contribution in [-0.2, 0) is 4.79 Å². The quantitative estimate of drug-likeness (QED) is 0.496. The van der Waals surface area contributed by atoms with E-state index in [0.29, 0.717) is 10.6 Å². The highest BCUT2D eigenvalue weighted by atomic mass is 35.5. The number of fused-ring (bicyclic) bond motifs is 1. The third-order valence-electron chi connectivity index (χ3n) is 4.38. The van der Waals surface area contributed by atoms with E-state index in [4.69, 9.17) is 11.6 Å². The molecular formula is C17H16ClN3O2. The molecule has 6 heteroatoms. The fourth-order valence-electron chi connectivity index (χ4n) is 3.16. The highest BCUT2D eigenvalue weighted by Gasteiger charge is 2.37. The van der Waals surface area contributed by atoms with Gasteiger partial charge in [0.1, 0.15) is 17.5 Å². The normalized spacial score (nSPS) is 25.5. The smallest absolute Gasteiger partial charge is 0.230 e. The zero-order valence-electron chi connectivity index (χ0n) is 12.4. The van der Waals surface area contributed by atoms with E-state index < -0.39 is 5.78 Å². The van der Waals surface area contributed by atoms with E-state index in [0.717, 1.165) is 25.7 Å². The molecule has 1 aromatic rings. The van der Waals surface area contributed by atoms with Gasteiger partial charge >= 0.3 is 0 Å². The second kappa shape index (κ2) is 6.43. The fourth-order valence-corrected chi connectivity index (χ4v) is 3.28. The molecule has 2 N–H and O–H groups in total. The molecule has 2 unspecified atom stereocenters. The first kappa shape index (κ1) is 15.6. The van der Waals surface area contributed by atoms with Gasteiger partial charge in [-0.25, -0.2) is 0 Å². The number of benzene rings is 1. The Hall–Kier alpha value is -2.32. The number of amides is 1. The molecule has 1 aliphatic heterocycles. The molecule has 5 nitrogen and oxygen atoms in total. The molecule has 1 saturated heterocycles. The zero-order valence-corrected chi connectivity index (χ0v) is 13.2. The lowest BCUT2D eigenvalue weighted by molar-refractivity contribution is -0.127. The van der Waals surface area contributed by atoms with Crippen molar-refractivity contribution in [1.82, 2.24) is 10.6 Å². The Morgan fingerprint density at radius 1 is 1.22 bits per heavy atom. The van der Waals surface area contributed by atoms with E-state index in [1.54, 1.807) is 24.3 Å². The maximum atomic E-state index is 12.5. The number of carbonyl (C=O) groups excluding carboxylic acids is 2. The minimum Gasteiger partial charge on any atom is -0.367 e. The van der Waals surface area contributed by atoms with Crippen LogP contribution in [0.2, 0.25) is 5.02 Å². The summed E-state index contributed by atoms with van der Waals surface area (Å²) in [5.41, 5.74) is 0.282. The Morgan fingerprint density at radius 2 is 1.91 bits per heavy atom. The molecule has 1 amide bonds. The average Bonchev–Trinajstić information content (AvgIpc) is 2.56. The van der Waals surface area contributed by atoms with Crippen molar-refractivity contribution in [2.45, 2.75) is 31.7 Å². The van der Waals surface area contributed by atoms with E-state index in [2.05, 4.69) is 10.6 Å². The summed E-state index contributed by atoms with van der Waals surface area (Å²) in [6.45, 7) is 0.